The summed E-state index contributed by atoms with van der Waals surface area (Å²) in [6, 6.07) is 0.488. The SMILES string of the molecule is CCNC(=NCc1nnc(C)n1C)NC1C2CCOC2C12CCCC2. The van der Waals surface area contributed by atoms with E-state index in [1.54, 1.807) is 0 Å². The van der Waals surface area contributed by atoms with Crippen LogP contribution in [0.1, 0.15) is 50.7 Å². The van der Waals surface area contributed by atoms with Gasteiger partial charge in [-0.2, -0.15) is 0 Å². The molecule has 3 atom stereocenters. The minimum absolute atomic E-state index is 0.332. The normalized spacial score (nSPS) is 30.4. The van der Waals surface area contributed by atoms with Crippen molar-refractivity contribution in [3.8, 4) is 0 Å². The maximum atomic E-state index is 6.09. The van der Waals surface area contributed by atoms with Gasteiger partial charge in [0.05, 0.1) is 6.10 Å². The van der Waals surface area contributed by atoms with Crippen LogP contribution >= 0.6 is 0 Å². The molecule has 2 saturated carbocycles. The van der Waals surface area contributed by atoms with Crippen LogP contribution < -0.4 is 10.6 Å². The van der Waals surface area contributed by atoms with E-state index < -0.39 is 0 Å². The molecule has 1 aromatic rings. The Morgan fingerprint density at radius 2 is 2.16 bits per heavy atom. The van der Waals surface area contributed by atoms with Gasteiger partial charge in [0.2, 0.25) is 0 Å². The second kappa shape index (κ2) is 6.59. The summed E-state index contributed by atoms with van der Waals surface area (Å²) < 4.78 is 8.08. The molecule has 2 N–H and O–H groups in total. The highest BCUT2D eigenvalue weighted by Gasteiger charge is 2.65. The fourth-order valence-electron chi connectivity index (χ4n) is 5.11. The Morgan fingerprint density at radius 3 is 2.84 bits per heavy atom. The number of rotatable bonds is 4. The standard InChI is InChI=1S/C18H30N6O/c1-4-19-17(20-11-14-23-22-12(2)24(14)3)21-15-13-7-10-25-16(13)18(15)8-5-6-9-18/h13,15-16H,4-11H2,1-3H3,(H2,19,20,21). The van der Waals surface area contributed by atoms with E-state index in [0.29, 0.717) is 30.0 Å². The first-order valence-corrected chi connectivity index (χ1v) is 9.67. The molecule has 0 radical (unpaired) electrons. The third-order valence-corrected chi connectivity index (χ3v) is 6.48. The number of guanidine groups is 1. The Kier molecular flexibility index (Phi) is 4.43. The molecule has 3 fully saturated rings. The number of aliphatic imine (C=N–C) groups is 1. The summed E-state index contributed by atoms with van der Waals surface area (Å²) in [7, 11) is 1.99. The first-order valence-electron chi connectivity index (χ1n) is 9.67. The number of nitrogens with zero attached hydrogens (tertiary/aromatic N) is 4. The van der Waals surface area contributed by atoms with Gasteiger partial charge >= 0.3 is 0 Å². The molecule has 0 aromatic carbocycles. The molecule has 2 aliphatic carbocycles. The average Bonchev–Trinajstić information content (AvgIpc) is 3.32. The predicted molar refractivity (Wildman–Crippen MR) is 96.2 cm³/mol. The van der Waals surface area contributed by atoms with Gasteiger partial charge in [-0.05, 0) is 33.1 Å². The maximum Gasteiger partial charge on any atom is 0.191 e. The molecule has 1 saturated heterocycles. The van der Waals surface area contributed by atoms with Gasteiger partial charge in [0.15, 0.2) is 11.8 Å². The Bertz CT molecular complexity index is 648. The topological polar surface area (TPSA) is 76.4 Å². The van der Waals surface area contributed by atoms with E-state index in [-0.39, 0.29) is 0 Å². The fourth-order valence-corrected chi connectivity index (χ4v) is 5.11. The van der Waals surface area contributed by atoms with E-state index >= 15 is 0 Å². The molecule has 4 rings (SSSR count). The maximum absolute atomic E-state index is 6.09. The lowest BCUT2D eigenvalue weighted by molar-refractivity contribution is -0.125. The van der Waals surface area contributed by atoms with Crippen LogP contribution in [0.4, 0.5) is 0 Å². The van der Waals surface area contributed by atoms with E-state index in [0.717, 1.165) is 30.8 Å². The van der Waals surface area contributed by atoms with Crippen molar-refractivity contribution in [1.82, 2.24) is 25.4 Å². The lowest BCUT2D eigenvalue weighted by Crippen LogP contribution is -2.69. The average molecular weight is 346 g/mol. The molecule has 3 aliphatic rings. The van der Waals surface area contributed by atoms with Crippen molar-refractivity contribution < 1.29 is 4.74 Å². The molecular formula is C18H30N6O. The van der Waals surface area contributed by atoms with Gasteiger partial charge in [-0.25, -0.2) is 4.99 Å². The Morgan fingerprint density at radius 1 is 1.36 bits per heavy atom. The smallest absolute Gasteiger partial charge is 0.191 e. The summed E-state index contributed by atoms with van der Waals surface area (Å²) in [6.07, 6.45) is 6.87. The van der Waals surface area contributed by atoms with Crippen LogP contribution in [-0.4, -0.2) is 46.0 Å². The fraction of sp³-hybridized carbons (Fsp3) is 0.833. The third-order valence-electron chi connectivity index (χ3n) is 6.48. The third kappa shape index (κ3) is 2.72. The lowest BCUT2D eigenvalue weighted by Gasteiger charge is -2.57. The van der Waals surface area contributed by atoms with Gasteiger partial charge in [-0.3, -0.25) is 0 Å². The zero-order chi connectivity index (χ0) is 17.4. The summed E-state index contributed by atoms with van der Waals surface area (Å²) in [5.74, 6) is 3.34. The van der Waals surface area contributed by atoms with Gasteiger partial charge in [0.1, 0.15) is 12.4 Å². The van der Waals surface area contributed by atoms with Crippen molar-refractivity contribution in [3.05, 3.63) is 11.6 Å². The zero-order valence-corrected chi connectivity index (χ0v) is 15.6. The summed E-state index contributed by atoms with van der Waals surface area (Å²) in [5, 5.41) is 15.5. The van der Waals surface area contributed by atoms with Crippen LogP contribution in [0, 0.1) is 18.3 Å². The molecule has 138 valence electrons. The van der Waals surface area contributed by atoms with Crippen LogP contribution in [0.25, 0.3) is 0 Å². The molecule has 0 bridgehead atoms. The Balaban J connectivity index is 1.49. The van der Waals surface area contributed by atoms with Crippen molar-refractivity contribution >= 4 is 5.96 Å². The van der Waals surface area contributed by atoms with Crippen molar-refractivity contribution in [1.29, 1.82) is 0 Å². The number of aromatic nitrogens is 3. The van der Waals surface area contributed by atoms with Crippen LogP contribution in [0.2, 0.25) is 0 Å². The molecule has 25 heavy (non-hydrogen) atoms. The molecule has 1 aliphatic heterocycles. The number of aryl methyl sites for hydroxylation is 1. The Hall–Kier alpha value is -1.63. The number of fused-ring (bicyclic) bond motifs is 2. The Labute approximate surface area is 149 Å². The van der Waals surface area contributed by atoms with E-state index in [9.17, 15) is 0 Å². The molecule has 7 heteroatoms. The molecule has 2 heterocycles. The molecule has 1 aromatic heterocycles. The van der Waals surface area contributed by atoms with Crippen LogP contribution in [0.3, 0.4) is 0 Å². The summed E-state index contributed by atoms with van der Waals surface area (Å²) >= 11 is 0. The molecule has 0 amide bonds. The summed E-state index contributed by atoms with van der Waals surface area (Å²) in [5.41, 5.74) is 0.332. The number of hydrogen-bond donors (Lipinski definition) is 2. The lowest BCUT2D eigenvalue weighted by atomic mass is 9.54. The predicted octanol–water partition coefficient (Wildman–Crippen LogP) is 1.53. The summed E-state index contributed by atoms with van der Waals surface area (Å²) in [6.45, 7) is 6.38. The van der Waals surface area contributed by atoms with Crippen LogP contribution in [0.15, 0.2) is 4.99 Å². The first kappa shape index (κ1) is 16.8. The quantitative estimate of drug-likeness (QED) is 0.639. The number of hydrogen-bond acceptors (Lipinski definition) is 4. The molecular weight excluding hydrogens is 316 g/mol. The monoisotopic (exact) mass is 346 g/mol. The zero-order valence-electron chi connectivity index (χ0n) is 15.6. The van der Waals surface area contributed by atoms with Crippen LogP contribution in [-0.2, 0) is 18.3 Å². The van der Waals surface area contributed by atoms with Gasteiger partial charge in [0.25, 0.3) is 0 Å². The van der Waals surface area contributed by atoms with E-state index in [1.807, 2.05) is 18.5 Å². The largest absolute Gasteiger partial charge is 0.377 e. The van der Waals surface area contributed by atoms with Gasteiger partial charge < -0.3 is 19.9 Å². The highest BCUT2D eigenvalue weighted by Crippen LogP contribution is 2.60. The number of ether oxygens (including phenoxy) is 1. The summed E-state index contributed by atoms with van der Waals surface area (Å²) in [4.78, 5) is 4.78. The minimum atomic E-state index is 0.332. The first-order chi connectivity index (χ1) is 12.2. The van der Waals surface area contributed by atoms with Crippen molar-refractivity contribution in [3.63, 3.8) is 0 Å². The highest BCUT2D eigenvalue weighted by molar-refractivity contribution is 5.80. The number of nitrogens with one attached hydrogen (secondary N) is 2. The van der Waals surface area contributed by atoms with E-state index in [4.69, 9.17) is 9.73 Å². The van der Waals surface area contributed by atoms with E-state index in [1.165, 1.54) is 32.1 Å². The second-order valence-corrected chi connectivity index (χ2v) is 7.72. The molecule has 7 nitrogen and oxygen atoms in total. The molecule has 3 unspecified atom stereocenters. The minimum Gasteiger partial charge on any atom is -0.377 e. The van der Waals surface area contributed by atoms with Gasteiger partial charge in [-0.15, -0.1) is 10.2 Å². The van der Waals surface area contributed by atoms with E-state index in [2.05, 4.69) is 27.8 Å². The second-order valence-electron chi connectivity index (χ2n) is 7.72. The van der Waals surface area contributed by atoms with Crippen molar-refractivity contribution in [2.75, 3.05) is 13.2 Å². The van der Waals surface area contributed by atoms with Crippen molar-refractivity contribution in [2.45, 2.75) is 64.6 Å². The van der Waals surface area contributed by atoms with Gasteiger partial charge in [0, 0.05) is 37.6 Å². The van der Waals surface area contributed by atoms with Gasteiger partial charge in [-0.1, -0.05) is 12.8 Å². The van der Waals surface area contributed by atoms with Crippen molar-refractivity contribution in [2.24, 2.45) is 23.4 Å². The molecule has 1 spiro atoms. The van der Waals surface area contributed by atoms with Crippen LogP contribution in [0.5, 0.6) is 0 Å². The highest BCUT2D eigenvalue weighted by atomic mass is 16.5.